The van der Waals surface area contributed by atoms with E-state index in [4.69, 9.17) is 9.47 Å². The number of methoxy groups -OCH3 is 1. The van der Waals surface area contributed by atoms with E-state index < -0.39 is 5.97 Å². The predicted octanol–water partition coefficient (Wildman–Crippen LogP) is 3.45. The van der Waals surface area contributed by atoms with Gasteiger partial charge in [-0.15, -0.1) is 0 Å². The first kappa shape index (κ1) is 17.3. The van der Waals surface area contributed by atoms with Crippen LogP contribution in [0.4, 0.5) is 0 Å². The van der Waals surface area contributed by atoms with Gasteiger partial charge in [-0.3, -0.25) is 4.79 Å². The Morgan fingerprint density at radius 3 is 2.44 bits per heavy atom. The second-order valence-electron chi connectivity index (χ2n) is 6.38. The van der Waals surface area contributed by atoms with E-state index >= 15 is 0 Å². The van der Waals surface area contributed by atoms with Crippen LogP contribution in [0.25, 0.3) is 10.8 Å². The van der Waals surface area contributed by atoms with Gasteiger partial charge in [0, 0.05) is 6.04 Å². The quantitative estimate of drug-likeness (QED) is 0.846. The molecule has 2 aromatic rings. The van der Waals surface area contributed by atoms with Gasteiger partial charge in [-0.25, -0.2) is 4.79 Å². The second-order valence-corrected chi connectivity index (χ2v) is 6.38. The highest BCUT2D eigenvalue weighted by Gasteiger charge is 2.19. The average Bonchev–Trinajstić information content (AvgIpc) is 2.65. The lowest BCUT2D eigenvalue weighted by atomic mass is 9.95. The Morgan fingerprint density at radius 2 is 1.76 bits per heavy atom. The lowest BCUT2D eigenvalue weighted by molar-refractivity contribution is -0.125. The van der Waals surface area contributed by atoms with E-state index in [1.54, 1.807) is 12.1 Å². The van der Waals surface area contributed by atoms with Gasteiger partial charge in [0.15, 0.2) is 6.61 Å². The molecule has 5 nitrogen and oxygen atoms in total. The summed E-state index contributed by atoms with van der Waals surface area (Å²) < 4.78 is 10.5. The molecular formula is C20H23NO4. The molecule has 0 spiro atoms. The molecule has 2 aromatic carbocycles. The van der Waals surface area contributed by atoms with Crippen molar-refractivity contribution in [2.24, 2.45) is 0 Å². The number of nitrogens with one attached hydrogen (secondary N) is 1. The minimum atomic E-state index is -0.554. The number of carbonyl (C=O) groups is 2. The summed E-state index contributed by atoms with van der Waals surface area (Å²) in [6, 6.07) is 11.4. The van der Waals surface area contributed by atoms with Crippen LogP contribution in [0.1, 0.15) is 42.5 Å². The summed E-state index contributed by atoms with van der Waals surface area (Å²) in [5.74, 6) is -0.363. The van der Waals surface area contributed by atoms with E-state index in [0.29, 0.717) is 11.3 Å². The lowest BCUT2D eigenvalue weighted by Crippen LogP contribution is -2.38. The number of rotatable bonds is 5. The number of hydrogen-bond acceptors (Lipinski definition) is 4. The van der Waals surface area contributed by atoms with Crippen molar-refractivity contribution in [2.75, 3.05) is 13.7 Å². The molecule has 1 amide bonds. The molecule has 1 aliphatic carbocycles. The van der Waals surface area contributed by atoms with Crippen LogP contribution in [0.3, 0.4) is 0 Å². The van der Waals surface area contributed by atoms with E-state index in [9.17, 15) is 9.59 Å². The predicted molar refractivity (Wildman–Crippen MR) is 95.8 cm³/mol. The number of benzene rings is 2. The van der Waals surface area contributed by atoms with Crippen molar-refractivity contribution in [3.05, 3.63) is 42.0 Å². The number of carbonyl (C=O) groups excluding carboxylic acids is 2. The van der Waals surface area contributed by atoms with Crippen LogP contribution in [-0.4, -0.2) is 31.6 Å². The van der Waals surface area contributed by atoms with Crippen molar-refractivity contribution in [3.8, 4) is 5.75 Å². The van der Waals surface area contributed by atoms with Gasteiger partial charge in [-0.1, -0.05) is 43.5 Å². The Hall–Kier alpha value is -2.56. The van der Waals surface area contributed by atoms with Crippen LogP contribution in [0.5, 0.6) is 5.75 Å². The summed E-state index contributed by atoms with van der Waals surface area (Å²) in [5, 5.41) is 4.83. The van der Waals surface area contributed by atoms with E-state index in [1.807, 2.05) is 24.3 Å². The highest BCUT2D eigenvalue weighted by atomic mass is 16.5. The highest BCUT2D eigenvalue weighted by molar-refractivity contribution is 5.99. The lowest BCUT2D eigenvalue weighted by Gasteiger charge is -2.22. The van der Waals surface area contributed by atoms with Gasteiger partial charge in [-0.2, -0.15) is 0 Å². The number of fused-ring (bicyclic) bond motifs is 1. The van der Waals surface area contributed by atoms with Gasteiger partial charge in [0.1, 0.15) is 11.3 Å². The minimum absolute atomic E-state index is 0.204. The standard InChI is InChI=1S/C20H23NO4/c1-24-18-12-15-8-6-5-7-14(15)11-17(18)20(23)25-13-19(22)21-16-9-3-2-4-10-16/h5-8,11-12,16H,2-4,9-10,13H2,1H3,(H,21,22). The molecule has 1 N–H and O–H groups in total. The molecule has 132 valence electrons. The van der Waals surface area contributed by atoms with Gasteiger partial charge in [-0.05, 0) is 35.7 Å². The number of hydrogen-bond donors (Lipinski definition) is 1. The van der Waals surface area contributed by atoms with E-state index in [2.05, 4.69) is 5.32 Å². The molecule has 0 saturated heterocycles. The third-order valence-corrected chi connectivity index (χ3v) is 4.59. The Balaban J connectivity index is 1.64. The second kappa shape index (κ2) is 8.01. The summed E-state index contributed by atoms with van der Waals surface area (Å²) in [5.41, 5.74) is 0.326. The normalized spacial score (nSPS) is 14.9. The van der Waals surface area contributed by atoms with E-state index in [0.717, 1.165) is 36.5 Å². The zero-order valence-electron chi connectivity index (χ0n) is 14.4. The average molecular weight is 341 g/mol. The molecule has 0 aliphatic heterocycles. The van der Waals surface area contributed by atoms with Gasteiger partial charge >= 0.3 is 5.97 Å². The van der Waals surface area contributed by atoms with E-state index in [-0.39, 0.29) is 18.6 Å². The fourth-order valence-electron chi connectivity index (χ4n) is 3.27. The molecule has 1 fully saturated rings. The molecule has 1 saturated carbocycles. The topological polar surface area (TPSA) is 64.6 Å². The van der Waals surface area contributed by atoms with Crippen LogP contribution >= 0.6 is 0 Å². The maximum Gasteiger partial charge on any atom is 0.342 e. The fraction of sp³-hybridized carbons (Fsp3) is 0.400. The number of esters is 1. The molecular weight excluding hydrogens is 318 g/mol. The van der Waals surface area contributed by atoms with Gasteiger partial charge in [0.05, 0.1) is 7.11 Å². The van der Waals surface area contributed by atoms with Crippen LogP contribution in [-0.2, 0) is 9.53 Å². The van der Waals surface area contributed by atoms with Crippen molar-refractivity contribution in [1.29, 1.82) is 0 Å². The monoisotopic (exact) mass is 341 g/mol. The van der Waals surface area contributed by atoms with Crippen molar-refractivity contribution in [1.82, 2.24) is 5.32 Å². The molecule has 0 atom stereocenters. The first-order valence-electron chi connectivity index (χ1n) is 8.70. The highest BCUT2D eigenvalue weighted by Crippen LogP contribution is 2.26. The van der Waals surface area contributed by atoms with Crippen LogP contribution in [0.15, 0.2) is 36.4 Å². The largest absolute Gasteiger partial charge is 0.496 e. The molecule has 0 unspecified atom stereocenters. The smallest absolute Gasteiger partial charge is 0.342 e. The Labute approximate surface area is 147 Å². The van der Waals surface area contributed by atoms with Crippen molar-refractivity contribution in [3.63, 3.8) is 0 Å². The number of ether oxygens (including phenoxy) is 2. The summed E-state index contributed by atoms with van der Waals surface area (Å²) in [4.78, 5) is 24.4. The zero-order chi connectivity index (χ0) is 17.6. The Kier molecular flexibility index (Phi) is 5.53. The van der Waals surface area contributed by atoms with Gasteiger partial charge < -0.3 is 14.8 Å². The zero-order valence-corrected chi connectivity index (χ0v) is 14.4. The third-order valence-electron chi connectivity index (χ3n) is 4.59. The Morgan fingerprint density at radius 1 is 1.08 bits per heavy atom. The van der Waals surface area contributed by atoms with Gasteiger partial charge in [0.25, 0.3) is 5.91 Å². The molecule has 0 bridgehead atoms. The molecule has 5 heteroatoms. The minimum Gasteiger partial charge on any atom is -0.496 e. The Bertz CT molecular complexity index is 765. The molecule has 0 aromatic heterocycles. The molecule has 0 heterocycles. The van der Waals surface area contributed by atoms with Crippen molar-refractivity contribution >= 4 is 22.6 Å². The van der Waals surface area contributed by atoms with Crippen molar-refractivity contribution < 1.29 is 19.1 Å². The third kappa shape index (κ3) is 4.29. The summed E-state index contributed by atoms with van der Waals surface area (Å²) in [6.07, 6.45) is 5.50. The van der Waals surface area contributed by atoms with Crippen LogP contribution in [0, 0.1) is 0 Å². The van der Waals surface area contributed by atoms with E-state index in [1.165, 1.54) is 13.5 Å². The first-order valence-corrected chi connectivity index (χ1v) is 8.70. The summed E-state index contributed by atoms with van der Waals surface area (Å²) >= 11 is 0. The maximum atomic E-state index is 12.4. The first-order chi connectivity index (χ1) is 12.2. The SMILES string of the molecule is COc1cc2ccccc2cc1C(=O)OCC(=O)NC1CCCCC1. The van der Waals surface area contributed by atoms with Crippen molar-refractivity contribution in [2.45, 2.75) is 38.1 Å². The molecule has 3 rings (SSSR count). The molecule has 25 heavy (non-hydrogen) atoms. The van der Waals surface area contributed by atoms with Crippen LogP contribution < -0.4 is 10.1 Å². The fourth-order valence-corrected chi connectivity index (χ4v) is 3.27. The number of amides is 1. The molecule has 1 aliphatic rings. The van der Waals surface area contributed by atoms with Crippen LogP contribution in [0.2, 0.25) is 0 Å². The molecule has 0 radical (unpaired) electrons. The van der Waals surface area contributed by atoms with Gasteiger partial charge in [0.2, 0.25) is 0 Å². The summed E-state index contributed by atoms with van der Waals surface area (Å²) in [6.45, 7) is -0.273. The maximum absolute atomic E-state index is 12.4. The summed E-state index contributed by atoms with van der Waals surface area (Å²) in [7, 11) is 1.51.